The van der Waals surface area contributed by atoms with Crippen LogP contribution in [0.1, 0.15) is 5.56 Å². The Morgan fingerprint density at radius 2 is 1.88 bits per heavy atom. The highest BCUT2D eigenvalue weighted by Crippen LogP contribution is 2.19. The molecule has 1 fully saturated rings. The molecular weight excluding hydrogens is 324 g/mol. The second kappa shape index (κ2) is 7.99. The minimum absolute atomic E-state index is 0.172. The van der Waals surface area contributed by atoms with Gasteiger partial charge in [0.15, 0.2) is 0 Å². The minimum atomic E-state index is -0.172. The Balaban J connectivity index is 1.58. The van der Waals surface area contributed by atoms with Crippen molar-refractivity contribution in [2.75, 3.05) is 36.5 Å². The first-order valence-electron chi connectivity index (χ1n) is 7.88. The molecule has 4 nitrogen and oxygen atoms in total. The van der Waals surface area contributed by atoms with E-state index in [-0.39, 0.29) is 5.91 Å². The van der Waals surface area contributed by atoms with E-state index in [4.69, 9.17) is 16.3 Å². The summed E-state index contributed by atoms with van der Waals surface area (Å²) in [6, 6.07) is 15.2. The summed E-state index contributed by atoms with van der Waals surface area (Å²) in [7, 11) is 0. The number of benzene rings is 2. The van der Waals surface area contributed by atoms with Crippen LogP contribution in [0.15, 0.2) is 54.6 Å². The summed E-state index contributed by atoms with van der Waals surface area (Å²) in [5, 5.41) is 3.50. The molecule has 1 heterocycles. The van der Waals surface area contributed by atoms with Gasteiger partial charge >= 0.3 is 0 Å². The van der Waals surface area contributed by atoms with Crippen LogP contribution in [-0.4, -0.2) is 32.2 Å². The number of carbonyl (C=O) groups excluding carboxylic acids is 1. The number of ether oxygens (including phenoxy) is 1. The van der Waals surface area contributed by atoms with Gasteiger partial charge in [0.2, 0.25) is 5.91 Å². The molecule has 24 heavy (non-hydrogen) atoms. The van der Waals surface area contributed by atoms with Crippen LogP contribution in [-0.2, 0) is 9.53 Å². The second-order valence-corrected chi connectivity index (χ2v) is 5.96. The molecule has 1 amide bonds. The quantitative estimate of drug-likeness (QED) is 0.859. The minimum Gasteiger partial charge on any atom is -0.378 e. The highest BCUT2D eigenvalue weighted by atomic mass is 35.5. The lowest BCUT2D eigenvalue weighted by molar-refractivity contribution is -0.111. The topological polar surface area (TPSA) is 41.6 Å². The highest BCUT2D eigenvalue weighted by Gasteiger charge is 2.10. The number of rotatable bonds is 4. The first-order valence-corrected chi connectivity index (χ1v) is 8.26. The number of anilines is 2. The van der Waals surface area contributed by atoms with E-state index in [1.807, 2.05) is 42.5 Å². The first kappa shape index (κ1) is 16.6. The fourth-order valence-electron chi connectivity index (χ4n) is 2.54. The van der Waals surface area contributed by atoms with Crippen LogP contribution in [0.5, 0.6) is 0 Å². The maximum absolute atomic E-state index is 12.0. The van der Waals surface area contributed by atoms with Crippen molar-refractivity contribution >= 4 is 35.0 Å². The van der Waals surface area contributed by atoms with E-state index in [0.717, 1.165) is 43.2 Å². The Kier molecular flexibility index (Phi) is 5.51. The Labute approximate surface area is 146 Å². The van der Waals surface area contributed by atoms with Crippen molar-refractivity contribution in [3.8, 4) is 0 Å². The molecule has 0 aliphatic carbocycles. The lowest BCUT2D eigenvalue weighted by Gasteiger charge is -2.28. The number of nitrogens with zero attached hydrogens (tertiary/aromatic N) is 1. The van der Waals surface area contributed by atoms with Crippen molar-refractivity contribution in [2.24, 2.45) is 0 Å². The van der Waals surface area contributed by atoms with Gasteiger partial charge < -0.3 is 15.0 Å². The number of hydrogen-bond donors (Lipinski definition) is 1. The molecule has 124 valence electrons. The van der Waals surface area contributed by atoms with Gasteiger partial charge in [-0.2, -0.15) is 0 Å². The van der Waals surface area contributed by atoms with Crippen LogP contribution in [0.2, 0.25) is 5.02 Å². The van der Waals surface area contributed by atoms with Crippen LogP contribution in [0.4, 0.5) is 11.4 Å². The van der Waals surface area contributed by atoms with E-state index >= 15 is 0 Å². The molecule has 1 aliphatic rings. The maximum Gasteiger partial charge on any atom is 0.248 e. The van der Waals surface area contributed by atoms with Crippen LogP contribution in [0, 0.1) is 0 Å². The van der Waals surface area contributed by atoms with Crippen molar-refractivity contribution in [2.45, 2.75) is 0 Å². The third kappa shape index (κ3) is 4.60. The number of halogens is 1. The van der Waals surface area contributed by atoms with Crippen LogP contribution >= 0.6 is 11.6 Å². The lowest BCUT2D eigenvalue weighted by atomic mass is 10.2. The van der Waals surface area contributed by atoms with Gasteiger partial charge in [-0.3, -0.25) is 4.79 Å². The van der Waals surface area contributed by atoms with Gasteiger partial charge in [-0.05, 0) is 48.0 Å². The van der Waals surface area contributed by atoms with Crippen LogP contribution < -0.4 is 10.2 Å². The van der Waals surface area contributed by atoms with Crippen LogP contribution in [0.25, 0.3) is 6.08 Å². The fourth-order valence-corrected chi connectivity index (χ4v) is 2.74. The van der Waals surface area contributed by atoms with E-state index < -0.39 is 0 Å². The molecule has 1 N–H and O–H groups in total. The summed E-state index contributed by atoms with van der Waals surface area (Å²) in [5.41, 5.74) is 2.80. The molecule has 1 saturated heterocycles. The molecule has 2 aromatic carbocycles. The van der Waals surface area contributed by atoms with Crippen LogP contribution in [0.3, 0.4) is 0 Å². The Hall–Kier alpha value is -2.30. The van der Waals surface area contributed by atoms with Crippen molar-refractivity contribution < 1.29 is 9.53 Å². The Morgan fingerprint density at radius 3 is 2.58 bits per heavy atom. The molecule has 0 spiro atoms. The molecule has 0 radical (unpaired) electrons. The van der Waals surface area contributed by atoms with E-state index in [2.05, 4.69) is 10.2 Å². The summed E-state index contributed by atoms with van der Waals surface area (Å²) in [6.45, 7) is 3.31. The zero-order valence-corrected chi connectivity index (χ0v) is 14.0. The summed E-state index contributed by atoms with van der Waals surface area (Å²) < 4.78 is 5.35. The van der Waals surface area contributed by atoms with E-state index in [9.17, 15) is 4.79 Å². The molecule has 0 unspecified atom stereocenters. The molecule has 3 rings (SSSR count). The van der Waals surface area contributed by atoms with Gasteiger partial charge in [0.1, 0.15) is 0 Å². The monoisotopic (exact) mass is 342 g/mol. The fraction of sp³-hybridized carbons (Fsp3) is 0.211. The lowest BCUT2D eigenvalue weighted by Crippen LogP contribution is -2.36. The summed E-state index contributed by atoms with van der Waals surface area (Å²) in [6.07, 6.45) is 3.24. The number of carbonyl (C=O) groups is 1. The highest BCUT2D eigenvalue weighted by molar-refractivity contribution is 6.30. The molecule has 0 aromatic heterocycles. The van der Waals surface area contributed by atoms with Gasteiger partial charge in [0, 0.05) is 35.6 Å². The van der Waals surface area contributed by atoms with Gasteiger partial charge in [0.25, 0.3) is 0 Å². The van der Waals surface area contributed by atoms with Crippen molar-refractivity contribution in [3.63, 3.8) is 0 Å². The predicted octanol–water partition coefficient (Wildman–Crippen LogP) is 3.83. The van der Waals surface area contributed by atoms with Crippen molar-refractivity contribution in [1.29, 1.82) is 0 Å². The normalized spacial score (nSPS) is 14.8. The molecule has 1 aliphatic heterocycles. The smallest absolute Gasteiger partial charge is 0.248 e. The maximum atomic E-state index is 12.0. The number of amides is 1. The van der Waals surface area contributed by atoms with E-state index in [1.165, 1.54) is 6.08 Å². The van der Waals surface area contributed by atoms with Gasteiger partial charge in [-0.15, -0.1) is 0 Å². The Morgan fingerprint density at radius 1 is 1.12 bits per heavy atom. The number of nitrogens with one attached hydrogen (secondary N) is 1. The molecule has 0 atom stereocenters. The molecule has 5 heteroatoms. The average molecular weight is 343 g/mol. The zero-order chi connectivity index (χ0) is 16.8. The summed E-state index contributed by atoms with van der Waals surface area (Å²) in [4.78, 5) is 14.3. The zero-order valence-electron chi connectivity index (χ0n) is 13.2. The molecule has 0 bridgehead atoms. The summed E-state index contributed by atoms with van der Waals surface area (Å²) >= 11 is 5.92. The Bertz CT molecular complexity index is 722. The summed E-state index contributed by atoms with van der Waals surface area (Å²) in [5.74, 6) is -0.172. The molecular formula is C19H19ClN2O2. The SMILES string of the molecule is O=C(C=Cc1cccc(Cl)c1)Nc1ccc(N2CCOCC2)cc1. The third-order valence-electron chi connectivity index (χ3n) is 3.79. The van der Waals surface area contributed by atoms with Crippen molar-refractivity contribution in [3.05, 3.63) is 65.2 Å². The average Bonchev–Trinajstić information content (AvgIpc) is 2.61. The standard InChI is InChI=1S/C19H19ClN2O2/c20-16-3-1-2-15(14-16)4-9-19(23)21-17-5-7-18(8-6-17)22-10-12-24-13-11-22/h1-9,14H,10-13H2,(H,21,23). The largest absolute Gasteiger partial charge is 0.378 e. The van der Waals surface area contributed by atoms with E-state index in [0.29, 0.717) is 5.02 Å². The second-order valence-electron chi connectivity index (χ2n) is 5.52. The molecule has 2 aromatic rings. The predicted molar refractivity (Wildman–Crippen MR) is 98.6 cm³/mol. The number of hydrogen-bond acceptors (Lipinski definition) is 3. The van der Waals surface area contributed by atoms with Gasteiger partial charge in [-0.25, -0.2) is 0 Å². The van der Waals surface area contributed by atoms with E-state index in [1.54, 1.807) is 12.1 Å². The van der Waals surface area contributed by atoms with Gasteiger partial charge in [0.05, 0.1) is 13.2 Å². The molecule has 0 saturated carbocycles. The van der Waals surface area contributed by atoms with Gasteiger partial charge in [-0.1, -0.05) is 23.7 Å². The van der Waals surface area contributed by atoms with Crippen molar-refractivity contribution in [1.82, 2.24) is 0 Å². The third-order valence-corrected chi connectivity index (χ3v) is 4.02. The first-order chi connectivity index (χ1) is 11.7. The number of morpholine rings is 1.